The summed E-state index contributed by atoms with van der Waals surface area (Å²) in [4.78, 5) is 25.2. The van der Waals surface area contributed by atoms with Crippen molar-refractivity contribution in [3.63, 3.8) is 0 Å². The van der Waals surface area contributed by atoms with Crippen LogP contribution in [0.15, 0.2) is 42.5 Å². The summed E-state index contributed by atoms with van der Waals surface area (Å²) >= 11 is 0. The minimum absolute atomic E-state index is 0.0833. The Morgan fingerprint density at radius 1 is 1.15 bits per heavy atom. The van der Waals surface area contributed by atoms with Crippen LogP contribution < -0.4 is 14.4 Å². The molecule has 5 heteroatoms. The molecule has 0 bridgehead atoms. The fourth-order valence-electron chi connectivity index (χ4n) is 2.92. The van der Waals surface area contributed by atoms with Crippen LogP contribution in [0.5, 0.6) is 11.5 Å². The number of anilines is 1. The summed E-state index contributed by atoms with van der Waals surface area (Å²) in [5.74, 6) is 1.41. The zero-order valence-corrected chi connectivity index (χ0v) is 15.1. The summed E-state index contributed by atoms with van der Waals surface area (Å²) in [6.45, 7) is 4.95. The summed E-state index contributed by atoms with van der Waals surface area (Å²) in [6.07, 6.45) is 1.88. The average molecular weight is 353 g/mol. The van der Waals surface area contributed by atoms with E-state index in [1.165, 1.54) is 5.56 Å². The molecule has 1 atom stereocenters. The molecule has 3 rings (SSSR count). The molecule has 0 N–H and O–H groups in total. The van der Waals surface area contributed by atoms with E-state index >= 15 is 0 Å². The van der Waals surface area contributed by atoms with E-state index in [-0.39, 0.29) is 5.91 Å². The number of benzene rings is 2. The lowest BCUT2D eigenvalue weighted by molar-refractivity contribution is -0.125. The second kappa shape index (κ2) is 8.04. The molecule has 2 aromatic carbocycles. The minimum atomic E-state index is -0.520. The van der Waals surface area contributed by atoms with Crippen LogP contribution in [0.4, 0.5) is 5.69 Å². The highest BCUT2D eigenvalue weighted by atomic mass is 16.5. The van der Waals surface area contributed by atoms with Crippen molar-refractivity contribution in [3.8, 4) is 11.5 Å². The van der Waals surface area contributed by atoms with E-state index in [9.17, 15) is 9.59 Å². The Morgan fingerprint density at radius 2 is 1.92 bits per heavy atom. The van der Waals surface area contributed by atoms with Crippen molar-refractivity contribution in [2.75, 3.05) is 18.1 Å². The Morgan fingerprint density at radius 3 is 2.65 bits per heavy atom. The number of nitrogens with zero attached hydrogens (tertiary/aromatic N) is 1. The van der Waals surface area contributed by atoms with Gasteiger partial charge in [0.05, 0.1) is 12.3 Å². The van der Waals surface area contributed by atoms with Gasteiger partial charge in [-0.3, -0.25) is 9.59 Å². The molecule has 2 aromatic rings. The lowest BCUT2D eigenvalue weighted by atomic mass is 10.1. The summed E-state index contributed by atoms with van der Waals surface area (Å²) in [7, 11) is 0. The van der Waals surface area contributed by atoms with Gasteiger partial charge in [-0.15, -0.1) is 0 Å². The molecule has 0 aromatic heterocycles. The molecule has 0 saturated carbocycles. The van der Waals surface area contributed by atoms with Crippen LogP contribution in [-0.2, 0) is 4.79 Å². The van der Waals surface area contributed by atoms with Crippen LogP contribution in [0, 0.1) is 6.92 Å². The van der Waals surface area contributed by atoms with Crippen molar-refractivity contribution in [1.29, 1.82) is 0 Å². The zero-order valence-electron chi connectivity index (χ0n) is 15.1. The Kier molecular flexibility index (Phi) is 5.56. The fraction of sp³-hybridized carbons (Fsp3) is 0.333. The molecule has 0 aliphatic carbocycles. The summed E-state index contributed by atoms with van der Waals surface area (Å²) in [5, 5.41) is 0. The topological polar surface area (TPSA) is 55.8 Å². The van der Waals surface area contributed by atoms with Crippen molar-refractivity contribution >= 4 is 17.9 Å². The van der Waals surface area contributed by atoms with Crippen LogP contribution in [0.3, 0.4) is 0 Å². The maximum Gasteiger partial charge on any atom is 0.267 e. The van der Waals surface area contributed by atoms with Crippen LogP contribution in [0.2, 0.25) is 0 Å². The molecule has 1 aliphatic rings. The Hall–Kier alpha value is -2.82. The number of hydrogen-bond acceptors (Lipinski definition) is 4. The molecule has 0 fully saturated rings. The van der Waals surface area contributed by atoms with Gasteiger partial charge in [-0.05, 0) is 57.0 Å². The second-order valence-corrected chi connectivity index (χ2v) is 6.46. The Labute approximate surface area is 153 Å². The highest BCUT2D eigenvalue weighted by molar-refractivity contribution is 6.00. The van der Waals surface area contributed by atoms with Crippen molar-refractivity contribution in [2.45, 2.75) is 32.8 Å². The van der Waals surface area contributed by atoms with E-state index < -0.39 is 6.10 Å². The third-order valence-electron chi connectivity index (χ3n) is 4.39. The van der Waals surface area contributed by atoms with Crippen molar-refractivity contribution < 1.29 is 19.1 Å². The molecule has 5 nitrogen and oxygen atoms in total. The number of aryl methyl sites for hydroxylation is 1. The van der Waals surface area contributed by atoms with Crippen molar-refractivity contribution in [2.24, 2.45) is 0 Å². The summed E-state index contributed by atoms with van der Waals surface area (Å²) in [5.41, 5.74) is 2.39. The molecular weight excluding hydrogens is 330 g/mol. The van der Waals surface area contributed by atoms with Gasteiger partial charge in [-0.25, -0.2) is 0 Å². The Bertz CT molecular complexity index is 785. The van der Waals surface area contributed by atoms with Crippen molar-refractivity contribution in [1.82, 2.24) is 0 Å². The van der Waals surface area contributed by atoms with Gasteiger partial charge < -0.3 is 14.4 Å². The summed E-state index contributed by atoms with van der Waals surface area (Å²) < 4.78 is 11.4. The number of amides is 1. The number of hydrogen-bond donors (Lipinski definition) is 0. The normalized spacial score (nSPS) is 16.0. The first-order valence-corrected chi connectivity index (χ1v) is 8.85. The molecule has 136 valence electrons. The first-order chi connectivity index (χ1) is 12.6. The minimum Gasteiger partial charge on any atom is -0.494 e. The molecule has 0 saturated heterocycles. The van der Waals surface area contributed by atoms with Crippen LogP contribution >= 0.6 is 0 Å². The largest absolute Gasteiger partial charge is 0.494 e. The number of fused-ring (bicyclic) bond motifs is 1. The van der Waals surface area contributed by atoms with Gasteiger partial charge in [-0.1, -0.05) is 17.7 Å². The molecule has 26 heavy (non-hydrogen) atoms. The average Bonchev–Trinajstić information content (AvgIpc) is 2.65. The van der Waals surface area contributed by atoms with E-state index in [1.807, 2.05) is 31.2 Å². The number of unbranched alkanes of at least 4 members (excludes halogenated alkanes) is 1. The molecule has 0 radical (unpaired) electrons. The fourth-order valence-corrected chi connectivity index (χ4v) is 2.92. The van der Waals surface area contributed by atoms with Gasteiger partial charge in [0.25, 0.3) is 5.91 Å². The van der Waals surface area contributed by atoms with Gasteiger partial charge in [0.2, 0.25) is 0 Å². The SMILES string of the molecule is Cc1ccc(OCCCCN2C(=O)C(C)Oc3ccc(C=O)cc32)cc1. The zero-order chi connectivity index (χ0) is 18.5. The monoisotopic (exact) mass is 353 g/mol. The maximum absolute atomic E-state index is 12.5. The molecule has 1 heterocycles. The first-order valence-electron chi connectivity index (χ1n) is 8.85. The van der Waals surface area contributed by atoms with E-state index in [0.29, 0.717) is 30.2 Å². The molecule has 0 spiro atoms. The van der Waals surface area contributed by atoms with E-state index in [2.05, 4.69) is 0 Å². The highest BCUT2D eigenvalue weighted by Gasteiger charge is 2.31. The number of rotatable bonds is 7. The number of ether oxygens (including phenoxy) is 2. The number of carbonyl (C=O) groups is 2. The highest BCUT2D eigenvalue weighted by Crippen LogP contribution is 2.34. The first kappa shape index (κ1) is 18.0. The van der Waals surface area contributed by atoms with E-state index in [1.54, 1.807) is 30.0 Å². The van der Waals surface area contributed by atoms with Crippen LogP contribution in [0.25, 0.3) is 0 Å². The van der Waals surface area contributed by atoms with E-state index in [0.717, 1.165) is 24.9 Å². The van der Waals surface area contributed by atoms with E-state index in [4.69, 9.17) is 9.47 Å². The van der Waals surface area contributed by atoms with Gasteiger partial charge in [0.1, 0.15) is 17.8 Å². The van der Waals surface area contributed by atoms with Gasteiger partial charge in [0, 0.05) is 12.1 Å². The van der Waals surface area contributed by atoms with Gasteiger partial charge in [-0.2, -0.15) is 0 Å². The predicted molar refractivity (Wildman–Crippen MR) is 100 cm³/mol. The van der Waals surface area contributed by atoms with Gasteiger partial charge in [0.15, 0.2) is 6.10 Å². The molecule has 1 amide bonds. The van der Waals surface area contributed by atoms with Crippen LogP contribution in [-0.4, -0.2) is 31.4 Å². The third-order valence-corrected chi connectivity index (χ3v) is 4.39. The quantitative estimate of drug-likeness (QED) is 0.561. The van der Waals surface area contributed by atoms with Crippen molar-refractivity contribution in [3.05, 3.63) is 53.6 Å². The molecular formula is C21H23NO4. The molecule has 1 aliphatic heterocycles. The Balaban J connectivity index is 1.57. The maximum atomic E-state index is 12.5. The number of aldehydes is 1. The molecule has 1 unspecified atom stereocenters. The lowest BCUT2D eigenvalue weighted by Gasteiger charge is -2.33. The standard InChI is InChI=1S/C21H23NO4/c1-15-5-8-18(9-6-15)25-12-4-3-11-22-19-13-17(14-23)7-10-20(19)26-16(2)21(22)24/h5-10,13-14,16H,3-4,11-12H2,1-2H3. The lowest BCUT2D eigenvalue weighted by Crippen LogP contribution is -2.45. The van der Waals surface area contributed by atoms with Gasteiger partial charge >= 0.3 is 0 Å². The smallest absolute Gasteiger partial charge is 0.267 e. The predicted octanol–water partition coefficient (Wildman–Crippen LogP) is 3.78. The van der Waals surface area contributed by atoms with Crippen LogP contribution in [0.1, 0.15) is 35.7 Å². The summed E-state index contributed by atoms with van der Waals surface area (Å²) in [6, 6.07) is 13.1. The second-order valence-electron chi connectivity index (χ2n) is 6.46. The third kappa shape index (κ3) is 4.04. The number of carbonyl (C=O) groups excluding carboxylic acids is 2.